The SMILES string of the molecule is [2H]C1=C(SCc2cccc(F)c2F)N(C([2H])([2H])C(=O)N(C([2H])([2H])c2ccc(-c3ccc(C(F)(F)F)cc3)cc2)C2([2H])C([2H])([2H])C([2H])([2H])N(CC([2H])([2H])OC([2H])([2H])[2H])C([2H])([2H])C2([2H])[2H])c2c([2H])c([2H])c(C)c([2H])c2C1O. The molecule has 53 heavy (non-hydrogen) atoms. The summed E-state index contributed by atoms with van der Waals surface area (Å²) in [6.45, 7) is -22.0. The van der Waals surface area contributed by atoms with Crippen LogP contribution in [0.25, 0.3) is 11.1 Å². The van der Waals surface area contributed by atoms with Crippen molar-refractivity contribution in [1.82, 2.24) is 9.80 Å². The highest BCUT2D eigenvalue weighted by molar-refractivity contribution is 8.02. The first kappa shape index (κ1) is 19.4. The van der Waals surface area contributed by atoms with E-state index in [1.807, 2.05) is 0 Å². The van der Waals surface area contributed by atoms with Gasteiger partial charge in [0, 0.05) is 72.6 Å². The molecule has 2 aliphatic heterocycles. The number of likely N-dealkylation sites (tertiary alicyclic amines) is 1. The number of aliphatic hydroxyl groups excluding tert-OH is 1. The van der Waals surface area contributed by atoms with Crippen LogP contribution in [-0.4, -0.2) is 66.5 Å². The summed E-state index contributed by atoms with van der Waals surface area (Å²) in [5.41, 5.74) is -4.80. The number of benzene rings is 4. The van der Waals surface area contributed by atoms with Crippen molar-refractivity contribution in [2.75, 3.05) is 44.5 Å². The molecule has 280 valence electrons. The molecule has 0 aliphatic carbocycles. The number of amides is 1. The lowest BCUT2D eigenvalue weighted by Crippen LogP contribution is -2.50. The molecule has 12 heteroatoms. The van der Waals surface area contributed by atoms with Gasteiger partial charge in [-0.2, -0.15) is 13.2 Å². The van der Waals surface area contributed by atoms with E-state index in [9.17, 15) is 35.0 Å². The smallest absolute Gasteiger partial charge is 0.384 e. The van der Waals surface area contributed by atoms with Gasteiger partial charge in [0.2, 0.25) is 5.91 Å². The second kappa shape index (κ2) is 16.8. The summed E-state index contributed by atoms with van der Waals surface area (Å²) in [4.78, 5) is 14.4. The van der Waals surface area contributed by atoms with Crippen molar-refractivity contribution in [3.8, 4) is 11.1 Å². The molecule has 2 heterocycles. The number of halogens is 5. The van der Waals surface area contributed by atoms with Gasteiger partial charge in [-0.1, -0.05) is 66.2 Å². The fourth-order valence-corrected chi connectivity index (χ4v) is 5.90. The van der Waals surface area contributed by atoms with Crippen molar-refractivity contribution in [3.05, 3.63) is 135 Å². The maximum atomic E-state index is 15.8. The zero-order valence-corrected chi connectivity index (χ0v) is 28.1. The van der Waals surface area contributed by atoms with Crippen molar-refractivity contribution >= 4 is 23.4 Å². The number of piperidine rings is 1. The van der Waals surface area contributed by atoms with Crippen molar-refractivity contribution in [1.29, 1.82) is 0 Å². The average molecular weight is 774 g/mol. The van der Waals surface area contributed by atoms with Gasteiger partial charge in [-0.15, -0.1) is 11.8 Å². The number of methoxy groups -OCH3 is 1. The molecule has 0 saturated carbocycles. The summed E-state index contributed by atoms with van der Waals surface area (Å²) in [7, 11) is -3.65. The summed E-state index contributed by atoms with van der Waals surface area (Å²) in [5.74, 6) is -6.38. The van der Waals surface area contributed by atoms with Crippen molar-refractivity contribution < 1.29 is 66.7 Å². The molecule has 1 saturated heterocycles. The van der Waals surface area contributed by atoms with Gasteiger partial charge < -0.3 is 24.5 Å². The lowest BCUT2D eigenvalue weighted by molar-refractivity contribution is -0.137. The van der Waals surface area contributed by atoms with Crippen LogP contribution in [0, 0.1) is 18.6 Å². The molecule has 4 aromatic rings. The third kappa shape index (κ3) is 9.29. The summed E-state index contributed by atoms with van der Waals surface area (Å²) in [6.07, 6.45) is -16.5. The number of anilines is 1. The highest BCUT2D eigenvalue weighted by Gasteiger charge is 2.33. The zero-order chi connectivity index (χ0) is 57.2. The van der Waals surface area contributed by atoms with E-state index in [0.29, 0.717) is 12.1 Å². The number of hydrogen-bond acceptors (Lipinski definition) is 6. The molecule has 0 spiro atoms. The summed E-state index contributed by atoms with van der Waals surface area (Å²) in [5, 5.41) is 10.5. The Morgan fingerprint density at radius 3 is 2.47 bits per heavy atom. The third-order valence-corrected chi connectivity index (χ3v) is 8.55. The molecule has 1 unspecified atom stereocenters. The Balaban J connectivity index is 1.66. The monoisotopic (exact) mass is 773 g/mol. The molecular weight excluding hydrogens is 710 g/mol. The molecule has 6 rings (SSSR count). The molecular formula is C41H42F5N3O3S. The van der Waals surface area contributed by atoms with Crippen LogP contribution < -0.4 is 4.90 Å². The molecule has 0 aromatic heterocycles. The van der Waals surface area contributed by atoms with Crippen LogP contribution >= 0.6 is 11.8 Å². The topological polar surface area (TPSA) is 56.3 Å². The van der Waals surface area contributed by atoms with E-state index in [0.717, 1.165) is 61.5 Å². The minimum Gasteiger partial charge on any atom is -0.384 e. The van der Waals surface area contributed by atoms with Gasteiger partial charge in [-0.05, 0) is 66.7 Å². The number of nitrogens with zero attached hydrogens (tertiary/aromatic N) is 3. The van der Waals surface area contributed by atoms with Gasteiger partial charge in [0.05, 0.1) is 36.3 Å². The Kier molecular flexibility index (Phi) is 6.16. The lowest BCUT2D eigenvalue weighted by atomic mass is 9.99. The van der Waals surface area contributed by atoms with Gasteiger partial charge in [-0.3, -0.25) is 4.79 Å². The molecule has 6 nitrogen and oxygen atoms in total. The van der Waals surface area contributed by atoms with E-state index in [2.05, 4.69) is 4.74 Å². The van der Waals surface area contributed by atoms with Gasteiger partial charge in [0.25, 0.3) is 0 Å². The zero-order valence-electron chi connectivity index (χ0n) is 49.2. The van der Waals surface area contributed by atoms with Crippen LogP contribution in [0.2, 0.25) is 0 Å². The van der Waals surface area contributed by atoms with Crippen LogP contribution in [0.15, 0.2) is 95.9 Å². The summed E-state index contributed by atoms with van der Waals surface area (Å²) < 4.78 is 269. The normalized spacial score (nSPS) is 28.4. The molecule has 2 aliphatic rings. The summed E-state index contributed by atoms with van der Waals surface area (Å²) >= 11 is 0.156. The standard InChI is InChI=1S/C41H42F5N3O3S/c1-27-6-15-36-34(22-27)37(50)23-39(53-26-31-4-3-5-35(42)40(31)43)49(36)25-38(51)48(33-16-18-47(19-17-33)20-21-52-2)24-28-7-9-29(10-8-28)30-11-13-32(14-12-30)41(44,45)46/h3-15,22-23,33,37,50H,16-21,24-26H2,1-2H3/i2D3,6D,15D,16D2,17D2,18D2,19D2,21D2,22D,23D,24D2,25D2,33D. The van der Waals surface area contributed by atoms with E-state index >= 15 is 9.18 Å². The van der Waals surface area contributed by atoms with E-state index in [-0.39, 0.29) is 33.4 Å². The number of ether oxygens (including phenoxy) is 1. The minimum atomic E-state index is -4.87. The third-order valence-electron chi connectivity index (χ3n) is 7.52. The quantitative estimate of drug-likeness (QED) is 0.146. The highest BCUT2D eigenvalue weighted by atomic mass is 32.2. The van der Waals surface area contributed by atoms with E-state index in [1.165, 1.54) is 0 Å². The van der Waals surface area contributed by atoms with Crippen LogP contribution in [-0.2, 0) is 28.0 Å². The van der Waals surface area contributed by atoms with Crippen molar-refractivity contribution in [2.45, 2.75) is 50.2 Å². The fourth-order valence-electron chi connectivity index (χ4n) is 4.92. The van der Waals surface area contributed by atoms with E-state index in [4.69, 9.17) is 17.8 Å². The Morgan fingerprint density at radius 1 is 1.09 bits per heavy atom. The van der Waals surface area contributed by atoms with E-state index in [1.54, 1.807) is 0 Å². The van der Waals surface area contributed by atoms with E-state index < -0.39 is 167 Å². The molecule has 0 radical (unpaired) electrons. The Morgan fingerprint density at radius 2 is 1.79 bits per heavy atom. The number of fused-ring (bicyclic) bond motifs is 1. The molecule has 1 N–H and O–H groups in total. The van der Waals surface area contributed by atoms with Gasteiger partial charge in [0.15, 0.2) is 11.6 Å². The van der Waals surface area contributed by atoms with Gasteiger partial charge in [0.1, 0.15) is 12.6 Å². The lowest BCUT2D eigenvalue weighted by Gasteiger charge is -2.40. The Hall–Kier alpha value is -4.23. The first-order valence-corrected chi connectivity index (χ1v) is 16.3. The van der Waals surface area contributed by atoms with Crippen LogP contribution in [0.3, 0.4) is 0 Å². The number of carbonyl (C=O) groups is 1. The molecule has 4 aromatic carbocycles. The molecule has 1 atom stereocenters. The van der Waals surface area contributed by atoms with Crippen molar-refractivity contribution in [3.63, 3.8) is 0 Å². The fraction of sp³-hybridized carbons (Fsp3) is 0.341. The number of thioether (sulfide) groups is 1. The maximum absolute atomic E-state index is 15.8. The number of rotatable bonds is 12. The van der Waals surface area contributed by atoms with Crippen LogP contribution in [0.5, 0.6) is 0 Å². The maximum Gasteiger partial charge on any atom is 0.416 e. The second-order valence-electron chi connectivity index (χ2n) is 11.1. The predicted molar refractivity (Wildman–Crippen MR) is 198 cm³/mol. The van der Waals surface area contributed by atoms with Crippen molar-refractivity contribution in [2.24, 2.45) is 0 Å². The second-order valence-corrected chi connectivity index (χ2v) is 12.1. The first-order valence-electron chi connectivity index (χ1n) is 26.3. The predicted octanol–water partition coefficient (Wildman–Crippen LogP) is 8.73. The average Bonchev–Trinajstić information content (AvgIpc) is 3.29. The highest BCUT2D eigenvalue weighted by Crippen LogP contribution is 2.41. The van der Waals surface area contributed by atoms with Crippen LogP contribution in [0.4, 0.5) is 27.6 Å². The Bertz CT molecular complexity index is 2900. The summed E-state index contributed by atoms with van der Waals surface area (Å²) in [6, 6.07) is 0.842. The Labute approximate surface area is 341 Å². The number of aliphatic hydroxyl groups is 1. The molecule has 0 bridgehead atoms. The largest absolute Gasteiger partial charge is 0.416 e. The first-order chi connectivity index (χ1) is 33.9. The van der Waals surface area contributed by atoms with Crippen LogP contribution in [0.1, 0.15) is 76.8 Å². The molecule has 1 amide bonds. The molecule has 1 fully saturated rings. The number of carbonyl (C=O) groups excluding carboxylic acids is 1. The number of alkyl halides is 3. The van der Waals surface area contributed by atoms with Gasteiger partial charge >= 0.3 is 6.18 Å². The minimum absolute atomic E-state index is 0.00381. The number of hydrogen-bond donors (Lipinski definition) is 1. The van der Waals surface area contributed by atoms with Gasteiger partial charge in [-0.25, -0.2) is 8.78 Å².